The van der Waals surface area contributed by atoms with Gasteiger partial charge in [0.05, 0.1) is 5.56 Å². The summed E-state index contributed by atoms with van der Waals surface area (Å²) in [5, 5.41) is 17.4. The molecule has 0 saturated carbocycles. The Morgan fingerprint density at radius 3 is 2.38 bits per heavy atom. The summed E-state index contributed by atoms with van der Waals surface area (Å²) in [5.74, 6) is -0.106. The molecule has 0 heterocycles. The van der Waals surface area contributed by atoms with Gasteiger partial charge in [0, 0.05) is 0 Å². The lowest BCUT2D eigenvalue weighted by Gasteiger charge is -2.05. The molecule has 0 aliphatic heterocycles. The summed E-state index contributed by atoms with van der Waals surface area (Å²) >= 11 is 0. The third kappa shape index (κ3) is 3.79. The molecule has 0 bridgehead atoms. The maximum atomic E-state index is 11.9. The van der Waals surface area contributed by atoms with E-state index in [1.165, 1.54) is 6.08 Å². The molecule has 2 aromatic rings. The Labute approximate surface area is 122 Å². The number of hydrogen-bond donors (Lipinski definition) is 0. The number of esters is 1. The van der Waals surface area contributed by atoms with E-state index in [4.69, 9.17) is 15.3 Å². The molecule has 0 atom stereocenters. The molecule has 0 aliphatic rings. The lowest BCUT2D eigenvalue weighted by molar-refractivity contribution is 0.0735. The van der Waals surface area contributed by atoms with Crippen LogP contribution in [-0.2, 0) is 0 Å². The summed E-state index contributed by atoms with van der Waals surface area (Å²) in [4.78, 5) is 11.9. The number of ether oxygens (including phenoxy) is 1. The van der Waals surface area contributed by atoms with E-state index in [0.29, 0.717) is 16.9 Å². The van der Waals surface area contributed by atoms with Crippen molar-refractivity contribution in [3.63, 3.8) is 0 Å². The molecule has 0 unspecified atom stereocenters. The minimum atomic E-state index is -0.461. The summed E-state index contributed by atoms with van der Waals surface area (Å²) in [6.45, 7) is 0. The fraction of sp³-hybridized carbons (Fsp3) is 0. The Morgan fingerprint density at radius 2 is 1.71 bits per heavy atom. The molecular formula is C17H10N2O2. The first kappa shape index (κ1) is 14.0. The van der Waals surface area contributed by atoms with E-state index >= 15 is 0 Å². The second-order valence-electron chi connectivity index (χ2n) is 4.11. The number of rotatable bonds is 3. The fourth-order valence-electron chi connectivity index (χ4n) is 1.66. The molecule has 100 valence electrons. The molecule has 4 nitrogen and oxygen atoms in total. The molecule has 0 saturated heterocycles. The van der Waals surface area contributed by atoms with Crippen molar-refractivity contribution in [3.05, 3.63) is 71.3 Å². The van der Waals surface area contributed by atoms with E-state index in [1.807, 2.05) is 6.07 Å². The Balaban J connectivity index is 2.20. The molecule has 0 aliphatic carbocycles. The number of hydrogen-bond acceptors (Lipinski definition) is 4. The second-order valence-corrected chi connectivity index (χ2v) is 4.11. The van der Waals surface area contributed by atoms with Gasteiger partial charge in [0.25, 0.3) is 0 Å². The molecule has 2 rings (SSSR count). The van der Waals surface area contributed by atoms with Gasteiger partial charge in [-0.3, -0.25) is 0 Å². The third-order valence-corrected chi connectivity index (χ3v) is 2.63. The van der Waals surface area contributed by atoms with Crippen LogP contribution in [0.25, 0.3) is 6.08 Å². The van der Waals surface area contributed by atoms with Crippen LogP contribution < -0.4 is 4.74 Å². The van der Waals surface area contributed by atoms with Crippen LogP contribution in [0.3, 0.4) is 0 Å². The molecule has 2 aromatic carbocycles. The highest BCUT2D eigenvalue weighted by Crippen LogP contribution is 2.17. The van der Waals surface area contributed by atoms with Crippen molar-refractivity contribution < 1.29 is 9.53 Å². The van der Waals surface area contributed by atoms with Crippen molar-refractivity contribution in [2.75, 3.05) is 0 Å². The molecule has 0 fully saturated rings. The van der Waals surface area contributed by atoms with Crippen LogP contribution in [0.5, 0.6) is 5.75 Å². The first-order valence-electron chi connectivity index (χ1n) is 6.12. The van der Waals surface area contributed by atoms with Crippen molar-refractivity contribution in [1.82, 2.24) is 0 Å². The monoisotopic (exact) mass is 274 g/mol. The average Bonchev–Trinajstić information content (AvgIpc) is 2.53. The van der Waals surface area contributed by atoms with Crippen molar-refractivity contribution in [3.8, 4) is 17.9 Å². The van der Waals surface area contributed by atoms with E-state index in [9.17, 15) is 4.79 Å². The van der Waals surface area contributed by atoms with E-state index < -0.39 is 5.97 Å². The largest absolute Gasteiger partial charge is 0.423 e. The lowest BCUT2D eigenvalue weighted by Crippen LogP contribution is -2.08. The van der Waals surface area contributed by atoms with Crippen LogP contribution in [0, 0.1) is 22.7 Å². The van der Waals surface area contributed by atoms with Gasteiger partial charge < -0.3 is 4.74 Å². The zero-order chi connectivity index (χ0) is 15.1. The lowest BCUT2D eigenvalue weighted by atomic mass is 10.1. The summed E-state index contributed by atoms with van der Waals surface area (Å²) < 4.78 is 5.26. The molecule has 0 N–H and O–H groups in total. The Kier molecular flexibility index (Phi) is 4.48. The number of carbonyl (C=O) groups is 1. The zero-order valence-corrected chi connectivity index (χ0v) is 11.0. The van der Waals surface area contributed by atoms with Crippen LogP contribution in [0.4, 0.5) is 0 Å². The van der Waals surface area contributed by atoms with Gasteiger partial charge in [-0.15, -0.1) is 0 Å². The van der Waals surface area contributed by atoms with Gasteiger partial charge in [-0.05, 0) is 35.9 Å². The van der Waals surface area contributed by atoms with Crippen LogP contribution in [0.1, 0.15) is 15.9 Å². The van der Waals surface area contributed by atoms with Gasteiger partial charge in [0.15, 0.2) is 0 Å². The highest BCUT2D eigenvalue weighted by Gasteiger charge is 2.07. The quantitative estimate of drug-likeness (QED) is 0.488. The molecule has 4 heteroatoms. The van der Waals surface area contributed by atoms with Crippen LogP contribution >= 0.6 is 0 Å². The predicted octanol–water partition coefficient (Wildman–Crippen LogP) is 3.34. The third-order valence-electron chi connectivity index (χ3n) is 2.63. The van der Waals surface area contributed by atoms with E-state index in [2.05, 4.69) is 0 Å². The molecule has 0 amide bonds. The standard InChI is InChI=1S/C17H10N2O2/c18-11-14(12-19)9-13-5-4-8-16(10-13)21-17(20)15-6-2-1-3-7-15/h1-10H. The van der Waals surface area contributed by atoms with Gasteiger partial charge in [-0.2, -0.15) is 10.5 Å². The predicted molar refractivity (Wildman–Crippen MR) is 77.0 cm³/mol. The van der Waals surface area contributed by atoms with Crippen molar-refractivity contribution >= 4 is 12.0 Å². The van der Waals surface area contributed by atoms with E-state index in [0.717, 1.165) is 0 Å². The summed E-state index contributed by atoms with van der Waals surface area (Å²) in [7, 11) is 0. The Bertz CT molecular complexity index is 749. The molecule has 0 aromatic heterocycles. The number of allylic oxidation sites excluding steroid dienone is 1. The Morgan fingerprint density at radius 1 is 1.00 bits per heavy atom. The SMILES string of the molecule is N#CC(C#N)=Cc1cccc(OC(=O)c2ccccc2)c1. The van der Waals surface area contributed by atoms with Gasteiger partial charge in [-0.1, -0.05) is 30.3 Å². The molecule has 21 heavy (non-hydrogen) atoms. The maximum Gasteiger partial charge on any atom is 0.343 e. The Hall–Kier alpha value is -3.37. The van der Waals surface area contributed by atoms with Gasteiger partial charge in [0.2, 0.25) is 0 Å². The second kappa shape index (κ2) is 6.70. The van der Waals surface area contributed by atoms with Gasteiger partial charge >= 0.3 is 5.97 Å². The minimum absolute atomic E-state index is 0.0125. The summed E-state index contributed by atoms with van der Waals surface area (Å²) in [6, 6.07) is 18.8. The van der Waals surface area contributed by atoms with Crippen LogP contribution in [0.15, 0.2) is 60.2 Å². The van der Waals surface area contributed by atoms with Crippen molar-refractivity contribution in [2.24, 2.45) is 0 Å². The molecule has 0 spiro atoms. The minimum Gasteiger partial charge on any atom is -0.423 e. The summed E-state index contributed by atoms with van der Waals surface area (Å²) in [5.41, 5.74) is 1.06. The van der Waals surface area contributed by atoms with E-state index in [1.54, 1.807) is 60.7 Å². The van der Waals surface area contributed by atoms with Crippen LogP contribution in [-0.4, -0.2) is 5.97 Å². The number of benzene rings is 2. The average molecular weight is 274 g/mol. The molecular weight excluding hydrogens is 264 g/mol. The number of nitriles is 2. The van der Waals surface area contributed by atoms with Crippen LogP contribution in [0.2, 0.25) is 0 Å². The first-order chi connectivity index (χ1) is 10.2. The van der Waals surface area contributed by atoms with Crippen molar-refractivity contribution in [1.29, 1.82) is 10.5 Å². The number of nitrogens with zero attached hydrogens (tertiary/aromatic N) is 2. The normalized spacial score (nSPS) is 9.05. The van der Waals surface area contributed by atoms with Crippen molar-refractivity contribution in [2.45, 2.75) is 0 Å². The van der Waals surface area contributed by atoms with Gasteiger partial charge in [-0.25, -0.2) is 4.79 Å². The first-order valence-corrected chi connectivity index (χ1v) is 6.12. The summed E-state index contributed by atoms with van der Waals surface area (Å²) in [6.07, 6.45) is 1.43. The van der Waals surface area contributed by atoms with Gasteiger partial charge in [0.1, 0.15) is 23.5 Å². The fourth-order valence-corrected chi connectivity index (χ4v) is 1.66. The highest BCUT2D eigenvalue weighted by molar-refractivity contribution is 5.91. The van der Waals surface area contributed by atoms with E-state index in [-0.39, 0.29) is 5.57 Å². The zero-order valence-electron chi connectivity index (χ0n) is 11.0. The topological polar surface area (TPSA) is 73.9 Å². The highest BCUT2D eigenvalue weighted by atomic mass is 16.5. The number of carbonyl (C=O) groups excluding carboxylic acids is 1. The maximum absolute atomic E-state index is 11.9. The molecule has 0 radical (unpaired) electrons. The smallest absolute Gasteiger partial charge is 0.343 e.